The highest BCUT2D eigenvalue weighted by Crippen LogP contribution is 2.25. The second-order valence-corrected chi connectivity index (χ2v) is 8.23. The molecule has 190 valence electrons. The first-order valence-electron chi connectivity index (χ1n) is 11.9. The van der Waals surface area contributed by atoms with Crippen LogP contribution in [0.25, 0.3) is 0 Å². The fourth-order valence-electron chi connectivity index (χ4n) is 3.89. The molecule has 0 saturated carbocycles. The van der Waals surface area contributed by atoms with Crippen molar-refractivity contribution in [1.29, 1.82) is 0 Å². The van der Waals surface area contributed by atoms with Crippen molar-refractivity contribution in [2.45, 2.75) is 31.5 Å². The van der Waals surface area contributed by atoms with E-state index in [2.05, 4.69) is 18.5 Å². The average Bonchev–Trinajstić information content (AvgIpc) is 3.40. The van der Waals surface area contributed by atoms with Gasteiger partial charge in [-0.3, -0.25) is 9.59 Å². The maximum absolute atomic E-state index is 13.3. The molecule has 1 aliphatic heterocycles. The van der Waals surface area contributed by atoms with Crippen LogP contribution in [0.1, 0.15) is 28.8 Å². The molecule has 1 heterocycles. The number of nitrogens with zero attached hydrogens (tertiary/aromatic N) is 1. The van der Waals surface area contributed by atoms with Gasteiger partial charge in [-0.2, -0.15) is 0 Å². The minimum Gasteiger partial charge on any atom is -0.489 e. The summed E-state index contributed by atoms with van der Waals surface area (Å²) < 4.78 is 16.5. The predicted octanol–water partition coefficient (Wildman–Crippen LogP) is 3.29. The van der Waals surface area contributed by atoms with Crippen molar-refractivity contribution in [2.75, 3.05) is 26.4 Å². The van der Waals surface area contributed by atoms with Gasteiger partial charge in [0.15, 0.2) is 6.04 Å². The van der Waals surface area contributed by atoms with E-state index in [-0.39, 0.29) is 32.3 Å². The molecule has 1 N–H and O–H groups in total. The molecule has 0 bridgehead atoms. The van der Waals surface area contributed by atoms with E-state index < -0.39 is 24.0 Å². The third-order valence-corrected chi connectivity index (χ3v) is 5.64. The number of hydrogen-bond acceptors (Lipinski definition) is 6. The second-order valence-electron chi connectivity index (χ2n) is 8.23. The molecule has 2 amide bonds. The summed E-state index contributed by atoms with van der Waals surface area (Å²) in [4.78, 5) is 40.9. The summed E-state index contributed by atoms with van der Waals surface area (Å²) in [5.74, 6) is -0.934. The highest BCUT2D eigenvalue weighted by molar-refractivity contribution is 6.00. The summed E-state index contributed by atoms with van der Waals surface area (Å²) in [6.45, 7) is 8.12. The van der Waals surface area contributed by atoms with Gasteiger partial charge < -0.3 is 24.4 Å². The number of para-hydroxylation sites is 1. The van der Waals surface area contributed by atoms with Crippen LogP contribution in [0, 0.1) is 0 Å². The SMILES string of the molecule is C=CCOC[C@H](NC(=O)[C@@H]1CCCN1C(=O)c1ccccc1OCC=C)C(=O)OCc1ccccc1. The van der Waals surface area contributed by atoms with Gasteiger partial charge in [-0.15, -0.1) is 6.58 Å². The Bertz CT molecular complexity index is 1060. The average molecular weight is 493 g/mol. The Morgan fingerprint density at radius 3 is 2.50 bits per heavy atom. The molecule has 0 unspecified atom stereocenters. The van der Waals surface area contributed by atoms with Crippen LogP contribution < -0.4 is 10.1 Å². The van der Waals surface area contributed by atoms with E-state index in [1.807, 2.05) is 30.3 Å². The van der Waals surface area contributed by atoms with Gasteiger partial charge in [0, 0.05) is 6.54 Å². The summed E-state index contributed by atoms with van der Waals surface area (Å²) in [7, 11) is 0. The molecule has 8 heteroatoms. The number of nitrogens with one attached hydrogen (secondary N) is 1. The van der Waals surface area contributed by atoms with Crippen molar-refractivity contribution in [3.63, 3.8) is 0 Å². The maximum atomic E-state index is 13.3. The summed E-state index contributed by atoms with van der Waals surface area (Å²) in [5.41, 5.74) is 1.19. The molecule has 2 aromatic rings. The smallest absolute Gasteiger partial charge is 0.331 e. The zero-order valence-electron chi connectivity index (χ0n) is 20.3. The molecule has 0 aromatic heterocycles. The van der Waals surface area contributed by atoms with Gasteiger partial charge in [-0.25, -0.2) is 4.79 Å². The first-order chi connectivity index (χ1) is 17.5. The lowest BCUT2D eigenvalue weighted by Crippen LogP contribution is -2.52. The van der Waals surface area contributed by atoms with Crippen LogP contribution in [-0.2, 0) is 25.7 Å². The molecule has 1 saturated heterocycles. The zero-order valence-corrected chi connectivity index (χ0v) is 20.3. The fourth-order valence-corrected chi connectivity index (χ4v) is 3.89. The van der Waals surface area contributed by atoms with E-state index in [9.17, 15) is 14.4 Å². The summed E-state index contributed by atoms with van der Waals surface area (Å²) in [6, 6.07) is 14.4. The molecule has 1 fully saturated rings. The lowest BCUT2D eigenvalue weighted by atomic mass is 10.1. The van der Waals surface area contributed by atoms with Crippen LogP contribution in [0.4, 0.5) is 0 Å². The van der Waals surface area contributed by atoms with Gasteiger partial charge in [0.25, 0.3) is 5.91 Å². The molecule has 0 spiro atoms. The third kappa shape index (κ3) is 7.29. The van der Waals surface area contributed by atoms with Gasteiger partial charge in [-0.05, 0) is 30.5 Å². The quantitative estimate of drug-likeness (QED) is 0.262. The van der Waals surface area contributed by atoms with Crippen LogP contribution >= 0.6 is 0 Å². The van der Waals surface area contributed by atoms with E-state index in [4.69, 9.17) is 14.2 Å². The van der Waals surface area contributed by atoms with Crippen molar-refractivity contribution in [1.82, 2.24) is 10.2 Å². The van der Waals surface area contributed by atoms with Crippen molar-refractivity contribution in [3.05, 3.63) is 91.0 Å². The molecule has 2 atom stereocenters. The van der Waals surface area contributed by atoms with E-state index >= 15 is 0 Å². The number of ether oxygens (including phenoxy) is 3. The van der Waals surface area contributed by atoms with Gasteiger partial charge in [0.1, 0.15) is 25.0 Å². The lowest BCUT2D eigenvalue weighted by molar-refractivity contribution is -0.151. The molecule has 3 rings (SSSR count). The normalized spacial score (nSPS) is 15.6. The van der Waals surface area contributed by atoms with Crippen LogP contribution in [0.2, 0.25) is 0 Å². The van der Waals surface area contributed by atoms with Crippen LogP contribution in [0.15, 0.2) is 79.9 Å². The number of rotatable bonds is 13. The lowest BCUT2D eigenvalue weighted by Gasteiger charge is -2.26. The molecule has 36 heavy (non-hydrogen) atoms. The Balaban J connectivity index is 1.69. The third-order valence-electron chi connectivity index (χ3n) is 5.64. The Labute approximate surface area is 211 Å². The van der Waals surface area contributed by atoms with Crippen LogP contribution in [-0.4, -0.2) is 61.1 Å². The standard InChI is InChI=1S/C28H32N2O6/c1-3-17-34-20-23(28(33)36-19-21-11-6-5-7-12-21)29-26(31)24-14-10-16-30(24)27(32)22-13-8-9-15-25(22)35-18-4-2/h3-9,11-13,15,23-24H,1-2,10,14,16-20H2,(H,29,31)/t23-,24-/m0/s1. The first-order valence-corrected chi connectivity index (χ1v) is 11.9. The fraction of sp³-hybridized carbons (Fsp3) is 0.321. The van der Waals surface area contributed by atoms with E-state index in [0.29, 0.717) is 30.7 Å². The Kier molecular flexibility index (Phi) is 10.3. The minimum absolute atomic E-state index is 0.0725. The van der Waals surface area contributed by atoms with Gasteiger partial charge in [0.2, 0.25) is 5.91 Å². The van der Waals surface area contributed by atoms with Crippen molar-refractivity contribution >= 4 is 17.8 Å². The molecule has 0 aliphatic carbocycles. The molecule has 1 aliphatic rings. The van der Waals surface area contributed by atoms with Crippen molar-refractivity contribution in [2.24, 2.45) is 0 Å². The maximum Gasteiger partial charge on any atom is 0.331 e. The highest BCUT2D eigenvalue weighted by Gasteiger charge is 2.37. The van der Waals surface area contributed by atoms with Crippen LogP contribution in [0.5, 0.6) is 5.75 Å². The molecular weight excluding hydrogens is 460 g/mol. The van der Waals surface area contributed by atoms with Gasteiger partial charge in [0.05, 0.1) is 18.8 Å². The Morgan fingerprint density at radius 2 is 1.75 bits per heavy atom. The highest BCUT2D eigenvalue weighted by atomic mass is 16.5. The second kappa shape index (κ2) is 13.8. The first kappa shape index (κ1) is 26.7. The van der Waals surface area contributed by atoms with E-state index in [1.165, 1.54) is 4.90 Å². The Hall–Kier alpha value is -3.91. The number of amides is 2. The predicted molar refractivity (Wildman–Crippen MR) is 135 cm³/mol. The minimum atomic E-state index is -1.03. The number of carbonyl (C=O) groups is 3. The van der Waals surface area contributed by atoms with Gasteiger partial charge in [-0.1, -0.05) is 61.2 Å². The van der Waals surface area contributed by atoms with Crippen molar-refractivity contribution < 1.29 is 28.6 Å². The summed E-state index contributed by atoms with van der Waals surface area (Å²) in [5, 5.41) is 2.73. The molecule has 0 radical (unpaired) electrons. The van der Waals surface area contributed by atoms with E-state index in [0.717, 1.165) is 5.56 Å². The largest absolute Gasteiger partial charge is 0.489 e. The zero-order chi connectivity index (χ0) is 25.8. The summed E-state index contributed by atoms with van der Waals surface area (Å²) >= 11 is 0. The number of carbonyl (C=O) groups excluding carboxylic acids is 3. The Morgan fingerprint density at radius 1 is 1.03 bits per heavy atom. The van der Waals surface area contributed by atoms with Crippen molar-refractivity contribution in [3.8, 4) is 5.75 Å². The number of benzene rings is 2. The summed E-state index contributed by atoms with van der Waals surface area (Å²) in [6.07, 6.45) is 4.29. The number of likely N-dealkylation sites (tertiary alicyclic amines) is 1. The topological polar surface area (TPSA) is 94.2 Å². The number of esters is 1. The molecule has 8 nitrogen and oxygen atoms in total. The van der Waals surface area contributed by atoms with Crippen LogP contribution in [0.3, 0.4) is 0 Å². The monoisotopic (exact) mass is 492 g/mol. The molecular formula is C28H32N2O6. The molecule has 2 aromatic carbocycles. The van der Waals surface area contributed by atoms with E-state index in [1.54, 1.807) is 36.4 Å². The number of hydrogen-bond donors (Lipinski definition) is 1. The van der Waals surface area contributed by atoms with Gasteiger partial charge >= 0.3 is 5.97 Å².